The Morgan fingerprint density at radius 1 is 0.896 bits per heavy atom. The lowest BCUT2D eigenvalue weighted by atomic mass is 10.0. The minimum atomic E-state index is -1.47. The molecular weight excluding hydrogens is 628 g/mol. The summed E-state index contributed by atoms with van der Waals surface area (Å²) in [6, 6.07) is 14.2. The zero-order chi connectivity index (χ0) is 35.5. The highest BCUT2D eigenvalue weighted by molar-refractivity contribution is 5.94. The third-order valence-electron chi connectivity index (χ3n) is 6.63. The third-order valence-corrected chi connectivity index (χ3v) is 6.63. The minimum Gasteiger partial charge on any atom is -0.461 e. The number of nitrogens with zero attached hydrogens (tertiary/aromatic N) is 2. The summed E-state index contributed by atoms with van der Waals surface area (Å²) in [6.07, 6.45) is -0.187. The Morgan fingerprint density at radius 3 is 2.04 bits per heavy atom. The molecule has 0 aliphatic heterocycles. The van der Waals surface area contributed by atoms with Gasteiger partial charge in [0, 0.05) is 6.54 Å². The van der Waals surface area contributed by atoms with Crippen LogP contribution in [0.1, 0.15) is 44.2 Å². The van der Waals surface area contributed by atoms with Crippen molar-refractivity contribution in [2.75, 3.05) is 13.1 Å². The Kier molecular flexibility index (Phi) is 16.5. The Labute approximate surface area is 277 Å². The largest absolute Gasteiger partial charge is 0.461 e. The SMILES string of the molecule is CC(C)[C@H](NC(=O)[C@@H](CC(=O)OCc1ccccc1)NC(=O)CNC(=O)[C@@H](N)CCCN=C(N)N[N+](=O)[O-])C(=O)OCc1ccccc1. The predicted octanol–water partition coefficient (Wildman–Crippen LogP) is -0.191. The van der Waals surface area contributed by atoms with Crippen LogP contribution < -0.4 is 32.8 Å². The van der Waals surface area contributed by atoms with Gasteiger partial charge in [-0.15, -0.1) is 0 Å². The molecule has 0 saturated heterocycles. The predicted molar refractivity (Wildman–Crippen MR) is 173 cm³/mol. The van der Waals surface area contributed by atoms with Crippen molar-refractivity contribution >= 4 is 35.6 Å². The first kappa shape index (κ1) is 38.6. The monoisotopic (exact) mass is 670 g/mol. The van der Waals surface area contributed by atoms with Gasteiger partial charge in [0.2, 0.25) is 17.7 Å². The van der Waals surface area contributed by atoms with Gasteiger partial charge in [0.1, 0.15) is 25.3 Å². The molecule has 0 fully saturated rings. The second kappa shape index (κ2) is 20.5. The molecule has 2 rings (SSSR count). The van der Waals surface area contributed by atoms with Crippen LogP contribution in [0.15, 0.2) is 65.7 Å². The summed E-state index contributed by atoms with van der Waals surface area (Å²) in [5.74, 6) is -4.66. The molecule has 0 saturated carbocycles. The second-order valence-electron chi connectivity index (χ2n) is 10.9. The smallest absolute Gasteiger partial charge is 0.329 e. The number of guanidine groups is 1. The van der Waals surface area contributed by atoms with Crippen LogP contribution in [-0.2, 0) is 46.7 Å². The van der Waals surface area contributed by atoms with Crippen LogP contribution in [0.4, 0.5) is 0 Å². The van der Waals surface area contributed by atoms with Crippen LogP contribution >= 0.6 is 0 Å². The van der Waals surface area contributed by atoms with Gasteiger partial charge in [-0.25, -0.2) is 19.9 Å². The number of carbonyl (C=O) groups is 5. The van der Waals surface area contributed by atoms with Gasteiger partial charge >= 0.3 is 11.9 Å². The number of aliphatic imine (C=N–C) groups is 1. The number of esters is 2. The molecule has 260 valence electrons. The van der Waals surface area contributed by atoms with E-state index in [0.29, 0.717) is 5.56 Å². The van der Waals surface area contributed by atoms with Crippen molar-refractivity contribution in [1.29, 1.82) is 0 Å². The Balaban J connectivity index is 2.00. The summed E-state index contributed by atoms with van der Waals surface area (Å²) in [7, 11) is 0. The summed E-state index contributed by atoms with van der Waals surface area (Å²) in [5.41, 5.74) is 14.3. The van der Waals surface area contributed by atoms with Crippen LogP contribution in [0.3, 0.4) is 0 Å². The van der Waals surface area contributed by atoms with E-state index >= 15 is 0 Å². The minimum absolute atomic E-state index is 0.0212. The fourth-order valence-electron chi connectivity index (χ4n) is 4.06. The first-order valence-electron chi connectivity index (χ1n) is 15.1. The number of rotatable bonds is 19. The summed E-state index contributed by atoms with van der Waals surface area (Å²) in [6.45, 7) is 2.77. The zero-order valence-electron chi connectivity index (χ0n) is 26.8. The molecule has 48 heavy (non-hydrogen) atoms. The highest BCUT2D eigenvalue weighted by atomic mass is 16.7. The molecule has 17 heteroatoms. The number of carbonyl (C=O) groups excluding carboxylic acids is 5. The summed E-state index contributed by atoms with van der Waals surface area (Å²) < 4.78 is 10.7. The topological polar surface area (TPSA) is 259 Å². The lowest BCUT2D eigenvalue weighted by Gasteiger charge is -2.24. The van der Waals surface area contributed by atoms with Crippen molar-refractivity contribution in [3.8, 4) is 0 Å². The molecule has 0 bridgehead atoms. The normalized spacial score (nSPS) is 13.0. The molecule has 8 N–H and O–H groups in total. The molecule has 0 heterocycles. The van der Waals surface area contributed by atoms with E-state index < -0.39 is 77.7 Å². The lowest BCUT2D eigenvalue weighted by Crippen LogP contribution is -2.55. The molecule has 0 aromatic heterocycles. The van der Waals surface area contributed by atoms with E-state index in [0.717, 1.165) is 5.56 Å². The molecule has 2 aromatic rings. The quantitative estimate of drug-likeness (QED) is 0.0284. The van der Waals surface area contributed by atoms with Gasteiger partial charge in [-0.1, -0.05) is 79.9 Å². The van der Waals surface area contributed by atoms with Crippen LogP contribution in [0.5, 0.6) is 0 Å². The van der Waals surface area contributed by atoms with Crippen molar-refractivity contribution in [1.82, 2.24) is 21.4 Å². The fourth-order valence-corrected chi connectivity index (χ4v) is 4.06. The number of hydrogen-bond donors (Lipinski definition) is 6. The van der Waals surface area contributed by atoms with Crippen LogP contribution in [0.25, 0.3) is 0 Å². The van der Waals surface area contributed by atoms with Crippen molar-refractivity contribution in [2.24, 2.45) is 22.4 Å². The number of amides is 3. The molecule has 3 atom stereocenters. The van der Waals surface area contributed by atoms with Gasteiger partial charge in [-0.3, -0.25) is 19.2 Å². The standard InChI is InChI=1S/C31H42N8O9/c1-20(2)27(30(44)48-19-22-12-7-4-8-13-22)37-29(43)24(16-26(41)47-18-21-10-5-3-6-11-21)36-25(40)17-35-28(42)23(32)14-9-15-34-31(33)38-39(45)46/h3-8,10-13,20,23-24,27H,9,14-19,32H2,1-2H3,(H,35,42)(H,36,40)(H,37,43)(H3,33,34,38)/t23-,24+,27-/m0/s1. The van der Waals surface area contributed by atoms with Crippen molar-refractivity contribution in [2.45, 2.75) is 64.4 Å². The Morgan fingerprint density at radius 2 is 1.48 bits per heavy atom. The number of ether oxygens (including phenoxy) is 2. The Hall–Kier alpha value is -5.58. The van der Waals surface area contributed by atoms with Gasteiger partial charge < -0.3 is 36.9 Å². The average molecular weight is 671 g/mol. The van der Waals surface area contributed by atoms with E-state index in [1.165, 1.54) is 0 Å². The first-order valence-corrected chi connectivity index (χ1v) is 15.1. The van der Waals surface area contributed by atoms with Crippen molar-refractivity contribution in [3.63, 3.8) is 0 Å². The maximum Gasteiger partial charge on any atom is 0.329 e. The summed E-state index contributed by atoms with van der Waals surface area (Å²) >= 11 is 0. The zero-order valence-corrected chi connectivity index (χ0v) is 26.8. The maximum absolute atomic E-state index is 13.4. The average Bonchev–Trinajstić information content (AvgIpc) is 3.05. The first-order chi connectivity index (χ1) is 22.8. The van der Waals surface area contributed by atoms with Gasteiger partial charge in [0.25, 0.3) is 5.96 Å². The third kappa shape index (κ3) is 15.1. The Bertz CT molecular complexity index is 1410. The number of nitrogens with two attached hydrogens (primary N) is 2. The molecular formula is C31H42N8O9. The molecule has 17 nitrogen and oxygen atoms in total. The number of nitrogens with one attached hydrogen (secondary N) is 4. The van der Waals surface area contributed by atoms with E-state index in [-0.39, 0.29) is 32.6 Å². The van der Waals surface area contributed by atoms with E-state index in [9.17, 15) is 34.1 Å². The molecule has 0 radical (unpaired) electrons. The number of hydrogen-bond acceptors (Lipinski definition) is 11. The van der Waals surface area contributed by atoms with Crippen LogP contribution in [0.2, 0.25) is 0 Å². The highest BCUT2D eigenvalue weighted by Crippen LogP contribution is 2.10. The molecule has 0 aliphatic rings. The van der Waals surface area contributed by atoms with Crippen LogP contribution in [-0.4, -0.2) is 71.9 Å². The van der Waals surface area contributed by atoms with E-state index in [1.54, 1.807) is 73.9 Å². The molecule has 2 aromatic carbocycles. The van der Waals surface area contributed by atoms with Gasteiger partial charge in [0.15, 0.2) is 5.03 Å². The second-order valence-corrected chi connectivity index (χ2v) is 10.9. The van der Waals surface area contributed by atoms with Gasteiger partial charge in [-0.2, -0.15) is 0 Å². The van der Waals surface area contributed by atoms with E-state index in [4.69, 9.17) is 20.9 Å². The molecule has 3 amide bonds. The van der Waals surface area contributed by atoms with Gasteiger partial charge in [0.05, 0.1) is 19.0 Å². The lowest BCUT2D eigenvalue weighted by molar-refractivity contribution is -0.525. The fraction of sp³-hybridized carbons (Fsp3) is 0.419. The maximum atomic E-state index is 13.4. The summed E-state index contributed by atoms with van der Waals surface area (Å²) in [5, 5.41) is 16.8. The number of benzene rings is 2. The van der Waals surface area contributed by atoms with E-state index in [2.05, 4.69) is 20.9 Å². The van der Waals surface area contributed by atoms with Crippen molar-refractivity contribution < 1.29 is 38.5 Å². The number of hydrazine groups is 1. The van der Waals surface area contributed by atoms with Crippen LogP contribution in [0, 0.1) is 16.0 Å². The summed E-state index contributed by atoms with van der Waals surface area (Å²) in [4.78, 5) is 78.3. The van der Waals surface area contributed by atoms with E-state index in [1.807, 2.05) is 6.07 Å². The molecule has 0 aliphatic carbocycles. The van der Waals surface area contributed by atoms with Gasteiger partial charge in [-0.05, 0) is 29.9 Å². The molecule has 0 unspecified atom stereocenters. The number of nitro groups is 1. The van der Waals surface area contributed by atoms with Crippen molar-refractivity contribution in [3.05, 3.63) is 81.9 Å². The highest BCUT2D eigenvalue weighted by Gasteiger charge is 2.31. The molecule has 0 spiro atoms.